The lowest BCUT2D eigenvalue weighted by Gasteiger charge is -2.27. The van der Waals surface area contributed by atoms with E-state index in [2.05, 4.69) is 15.4 Å². The van der Waals surface area contributed by atoms with E-state index in [-0.39, 0.29) is 24.2 Å². The van der Waals surface area contributed by atoms with Crippen LogP contribution in [0.5, 0.6) is 0 Å². The molecule has 26 heavy (non-hydrogen) atoms. The lowest BCUT2D eigenvalue weighted by atomic mass is 9.93. The summed E-state index contributed by atoms with van der Waals surface area (Å²) in [4.78, 5) is 28.1. The Labute approximate surface area is 149 Å². The molecule has 0 radical (unpaired) electrons. The molecule has 0 spiro atoms. The molecule has 1 saturated heterocycles. The maximum Gasteiger partial charge on any atom is 0.326 e. The summed E-state index contributed by atoms with van der Waals surface area (Å²) in [5.74, 6) is -2.20. The second-order valence-electron chi connectivity index (χ2n) is 6.14. The number of nitrogens with one attached hydrogen (secondary N) is 1. The van der Waals surface area contributed by atoms with Crippen LogP contribution in [-0.2, 0) is 9.53 Å². The summed E-state index contributed by atoms with van der Waals surface area (Å²) >= 11 is 0. The van der Waals surface area contributed by atoms with Crippen molar-refractivity contribution in [2.24, 2.45) is 5.92 Å². The number of hydrogen-bond donors (Lipinski definition) is 2. The number of nitrogens with zero attached hydrogens (tertiary/aromatic N) is 3. The van der Waals surface area contributed by atoms with Gasteiger partial charge in [-0.1, -0.05) is 0 Å². The molecule has 2 aromatic rings. The van der Waals surface area contributed by atoms with Gasteiger partial charge in [0, 0.05) is 12.5 Å². The van der Waals surface area contributed by atoms with Crippen molar-refractivity contribution >= 4 is 11.9 Å². The predicted molar refractivity (Wildman–Crippen MR) is 88.5 cm³/mol. The number of carboxylic acid groups (broad SMARTS) is 1. The molecule has 1 aromatic heterocycles. The molecule has 2 N–H and O–H groups in total. The van der Waals surface area contributed by atoms with Gasteiger partial charge in [0.1, 0.15) is 17.7 Å². The van der Waals surface area contributed by atoms with Gasteiger partial charge in [-0.05, 0) is 44.0 Å². The van der Waals surface area contributed by atoms with E-state index in [0.717, 1.165) is 6.42 Å². The van der Waals surface area contributed by atoms with Gasteiger partial charge in [-0.3, -0.25) is 4.79 Å². The lowest BCUT2D eigenvalue weighted by molar-refractivity contribution is -0.142. The summed E-state index contributed by atoms with van der Waals surface area (Å²) in [5, 5.41) is 16.0. The maximum absolute atomic E-state index is 13.1. The molecule has 8 nitrogen and oxygen atoms in total. The zero-order chi connectivity index (χ0) is 18.7. The molecule has 0 aliphatic carbocycles. The van der Waals surface area contributed by atoms with Crippen molar-refractivity contribution in [2.45, 2.75) is 25.8 Å². The average molecular weight is 362 g/mol. The summed E-state index contributed by atoms with van der Waals surface area (Å²) in [6.45, 7) is 2.53. The Morgan fingerprint density at radius 2 is 2.12 bits per heavy atom. The molecule has 2 unspecified atom stereocenters. The monoisotopic (exact) mass is 362 g/mol. The van der Waals surface area contributed by atoms with Gasteiger partial charge >= 0.3 is 5.97 Å². The first-order valence-electron chi connectivity index (χ1n) is 8.26. The van der Waals surface area contributed by atoms with Crippen LogP contribution in [0, 0.1) is 18.7 Å². The first-order valence-corrected chi connectivity index (χ1v) is 8.26. The minimum absolute atomic E-state index is 0.144. The number of carbonyl (C=O) groups excluding carboxylic acids is 1. The molecule has 1 amide bonds. The SMILES string of the molecule is Cc1nc(C(=O)NC(C(=O)O)C2CCCOC2)nn1-c1ccc(F)cc1. The third-order valence-corrected chi connectivity index (χ3v) is 4.26. The van der Waals surface area contributed by atoms with Crippen LogP contribution < -0.4 is 5.32 Å². The third-order valence-electron chi connectivity index (χ3n) is 4.26. The number of rotatable bonds is 5. The van der Waals surface area contributed by atoms with Crippen LogP contribution in [-0.4, -0.2) is 51.0 Å². The normalized spacial score (nSPS) is 18.3. The molecule has 138 valence electrons. The predicted octanol–water partition coefficient (Wildman–Crippen LogP) is 1.32. The van der Waals surface area contributed by atoms with Gasteiger partial charge in [0.15, 0.2) is 0 Å². The van der Waals surface area contributed by atoms with Gasteiger partial charge in [-0.2, -0.15) is 0 Å². The van der Waals surface area contributed by atoms with E-state index in [1.807, 2.05) is 0 Å². The average Bonchev–Trinajstić information content (AvgIpc) is 3.02. The summed E-state index contributed by atoms with van der Waals surface area (Å²) < 4.78 is 19.8. The molecule has 1 aromatic carbocycles. The maximum atomic E-state index is 13.1. The molecular formula is C17H19FN4O4. The Balaban J connectivity index is 1.77. The number of aryl methyl sites for hydroxylation is 1. The van der Waals surface area contributed by atoms with Crippen molar-refractivity contribution in [3.8, 4) is 5.69 Å². The number of ether oxygens (including phenoxy) is 1. The second-order valence-corrected chi connectivity index (χ2v) is 6.14. The highest BCUT2D eigenvalue weighted by Crippen LogP contribution is 2.18. The van der Waals surface area contributed by atoms with E-state index >= 15 is 0 Å². The fraction of sp³-hybridized carbons (Fsp3) is 0.412. The van der Waals surface area contributed by atoms with Crippen molar-refractivity contribution in [1.82, 2.24) is 20.1 Å². The largest absolute Gasteiger partial charge is 0.480 e. The molecule has 1 aliphatic heterocycles. The smallest absolute Gasteiger partial charge is 0.326 e. The van der Waals surface area contributed by atoms with Crippen molar-refractivity contribution in [2.75, 3.05) is 13.2 Å². The minimum Gasteiger partial charge on any atom is -0.480 e. The minimum atomic E-state index is -1.12. The molecule has 0 bridgehead atoms. The van der Waals surface area contributed by atoms with Crippen LogP contribution in [0.3, 0.4) is 0 Å². The summed E-state index contributed by atoms with van der Waals surface area (Å²) in [6.07, 6.45) is 1.41. The highest BCUT2D eigenvalue weighted by Gasteiger charge is 2.32. The quantitative estimate of drug-likeness (QED) is 0.831. The highest BCUT2D eigenvalue weighted by atomic mass is 19.1. The lowest BCUT2D eigenvalue weighted by Crippen LogP contribution is -2.48. The van der Waals surface area contributed by atoms with Crippen LogP contribution in [0.15, 0.2) is 24.3 Å². The van der Waals surface area contributed by atoms with E-state index in [9.17, 15) is 19.1 Å². The number of carbonyl (C=O) groups is 2. The van der Waals surface area contributed by atoms with Crippen LogP contribution in [0.2, 0.25) is 0 Å². The van der Waals surface area contributed by atoms with Gasteiger partial charge in [0.2, 0.25) is 5.82 Å². The standard InChI is InChI=1S/C17H19FN4O4/c1-10-19-15(21-22(10)13-6-4-12(18)5-7-13)16(23)20-14(17(24)25)11-3-2-8-26-9-11/h4-7,11,14H,2-3,8-9H2,1H3,(H,20,23)(H,24,25). The van der Waals surface area contributed by atoms with Crippen LogP contribution >= 0.6 is 0 Å². The number of amides is 1. The fourth-order valence-corrected chi connectivity index (χ4v) is 2.93. The summed E-state index contributed by atoms with van der Waals surface area (Å²) in [6, 6.07) is 4.51. The number of aromatic nitrogens is 3. The molecule has 3 rings (SSSR count). The van der Waals surface area contributed by atoms with Gasteiger partial charge < -0.3 is 15.2 Å². The Morgan fingerprint density at radius 3 is 2.73 bits per heavy atom. The number of benzene rings is 1. The number of halogens is 1. The van der Waals surface area contributed by atoms with Crippen LogP contribution in [0.1, 0.15) is 29.3 Å². The highest BCUT2D eigenvalue weighted by molar-refractivity contribution is 5.93. The van der Waals surface area contributed by atoms with E-state index in [1.54, 1.807) is 6.92 Å². The molecule has 2 heterocycles. The van der Waals surface area contributed by atoms with E-state index in [0.29, 0.717) is 24.5 Å². The fourth-order valence-electron chi connectivity index (χ4n) is 2.93. The summed E-state index contributed by atoms with van der Waals surface area (Å²) in [5.41, 5.74) is 0.547. The first-order chi connectivity index (χ1) is 12.5. The van der Waals surface area contributed by atoms with Gasteiger partial charge in [-0.15, -0.1) is 5.10 Å². The zero-order valence-electron chi connectivity index (χ0n) is 14.2. The number of hydrogen-bond acceptors (Lipinski definition) is 5. The molecule has 2 atom stereocenters. The van der Waals surface area contributed by atoms with Gasteiger partial charge in [-0.25, -0.2) is 18.9 Å². The Bertz CT molecular complexity index is 800. The second kappa shape index (κ2) is 7.61. The van der Waals surface area contributed by atoms with E-state index in [1.165, 1.54) is 28.9 Å². The van der Waals surface area contributed by atoms with Crippen molar-refractivity contribution in [1.29, 1.82) is 0 Å². The topological polar surface area (TPSA) is 106 Å². The number of aliphatic carboxylic acids is 1. The molecule has 1 aliphatic rings. The Morgan fingerprint density at radius 1 is 1.38 bits per heavy atom. The Hall–Kier alpha value is -2.81. The van der Waals surface area contributed by atoms with Crippen molar-refractivity contribution in [3.63, 3.8) is 0 Å². The van der Waals surface area contributed by atoms with Gasteiger partial charge in [0.25, 0.3) is 5.91 Å². The molecule has 0 saturated carbocycles. The van der Waals surface area contributed by atoms with Crippen molar-refractivity contribution < 1.29 is 23.8 Å². The van der Waals surface area contributed by atoms with Gasteiger partial charge in [0.05, 0.1) is 12.3 Å². The third kappa shape index (κ3) is 3.88. The molecule has 1 fully saturated rings. The van der Waals surface area contributed by atoms with Crippen LogP contribution in [0.25, 0.3) is 5.69 Å². The van der Waals surface area contributed by atoms with Crippen LogP contribution in [0.4, 0.5) is 4.39 Å². The van der Waals surface area contributed by atoms with Crippen molar-refractivity contribution in [3.05, 3.63) is 41.7 Å². The van der Waals surface area contributed by atoms with E-state index < -0.39 is 17.9 Å². The first kappa shape index (κ1) is 18.0. The summed E-state index contributed by atoms with van der Waals surface area (Å²) in [7, 11) is 0. The zero-order valence-corrected chi connectivity index (χ0v) is 14.2. The van der Waals surface area contributed by atoms with E-state index in [4.69, 9.17) is 4.74 Å². The molecular weight excluding hydrogens is 343 g/mol. The molecule has 9 heteroatoms. The number of carboxylic acids is 1. The Kier molecular flexibility index (Phi) is 5.27.